The zero-order chi connectivity index (χ0) is 35.7. The van der Waals surface area contributed by atoms with E-state index in [2.05, 4.69) is 23.7 Å². The largest absolute Gasteiger partial charge is 1.00 e. The van der Waals surface area contributed by atoms with Crippen LogP contribution < -0.4 is 71.0 Å². The Bertz CT molecular complexity index is 1090. The van der Waals surface area contributed by atoms with Crippen LogP contribution in [0, 0.1) is 0 Å². The van der Waals surface area contributed by atoms with E-state index in [0.717, 1.165) is 44.5 Å². The smallest absolute Gasteiger partial charge is 0.876 e. The van der Waals surface area contributed by atoms with E-state index < -0.39 is 23.6 Å². The number of hydrogen-bond acceptors (Lipinski definition) is 5. The molecule has 280 valence electrons. The summed E-state index contributed by atoms with van der Waals surface area (Å²) in [5.41, 5.74) is -0.0117. The maximum absolute atomic E-state index is 13.8. The van der Waals surface area contributed by atoms with Crippen molar-refractivity contribution in [2.24, 2.45) is 4.99 Å². The number of hydrogen-bond donors (Lipinski definition) is 0. The summed E-state index contributed by atoms with van der Waals surface area (Å²) in [4.78, 5) is 18.8. The molecule has 1 aromatic carbocycles. The molecule has 0 radical (unpaired) electrons. The number of halogens is 3. The third kappa shape index (κ3) is 18.1. The number of benzene rings is 1. The van der Waals surface area contributed by atoms with Crippen molar-refractivity contribution in [3.8, 4) is 5.75 Å². The summed E-state index contributed by atoms with van der Waals surface area (Å²) in [5, 5.41) is 11.3. The maximum atomic E-state index is 13.8. The first-order valence-electron chi connectivity index (χ1n) is 19.5. The molecule has 0 N–H and O–H groups in total. The molecule has 1 aromatic rings. The van der Waals surface area contributed by atoms with Crippen LogP contribution in [0.5, 0.6) is 5.75 Å². The van der Waals surface area contributed by atoms with Crippen LogP contribution in [0.15, 0.2) is 35.2 Å². The number of ether oxygens (including phenoxy) is 1. The molecule has 0 atom stereocenters. The van der Waals surface area contributed by atoms with E-state index in [0.29, 0.717) is 4.90 Å². The molecular formula is C40H65F3KN3O3. The molecule has 0 spiro atoms. The molecular weight excluding hydrogens is 667 g/mol. The van der Waals surface area contributed by atoms with Crippen molar-refractivity contribution in [1.29, 1.82) is 0 Å². The van der Waals surface area contributed by atoms with Gasteiger partial charge in [-0.15, -0.1) is 6.26 Å². The summed E-state index contributed by atoms with van der Waals surface area (Å²) in [7, 11) is 1.37. The van der Waals surface area contributed by atoms with Gasteiger partial charge in [-0.05, 0) is 25.0 Å². The third-order valence-electron chi connectivity index (χ3n) is 9.56. The summed E-state index contributed by atoms with van der Waals surface area (Å²) in [6.07, 6.45) is 25.7. The molecule has 0 aliphatic carbocycles. The standard InChI is InChI=1S/C40H66F3N3O3.K/c1-4-6-8-10-12-14-16-18-20-22-24-26-30-45(31-27-25-23-21-19-17-15-13-11-9-7-5-2)34-28-29-36(37(32-34)49-3)46-38(48)35(33-47)44-39(46)40(41,42)43;/h28-29,32-33,47H,4-27,30-31H2,1-3H3;/q;+1/p-1/b35-33+;. The number of aliphatic imine (C=N–C) groups is 1. The first kappa shape index (κ1) is 46.9. The van der Waals surface area contributed by atoms with Gasteiger partial charge in [0.15, 0.2) is 0 Å². The van der Waals surface area contributed by atoms with Crippen LogP contribution in [0.2, 0.25) is 0 Å². The topological polar surface area (TPSA) is 68.2 Å². The minimum atomic E-state index is -4.92. The average molecular weight is 732 g/mol. The van der Waals surface area contributed by atoms with E-state index in [9.17, 15) is 23.1 Å². The number of carbonyl (C=O) groups is 1. The van der Waals surface area contributed by atoms with Gasteiger partial charge in [-0.3, -0.25) is 9.69 Å². The fourth-order valence-corrected chi connectivity index (χ4v) is 6.62. The van der Waals surface area contributed by atoms with Crippen molar-refractivity contribution in [2.45, 2.75) is 174 Å². The van der Waals surface area contributed by atoms with E-state index in [1.54, 1.807) is 12.1 Å². The fourth-order valence-electron chi connectivity index (χ4n) is 6.62. The van der Waals surface area contributed by atoms with Crippen molar-refractivity contribution in [3.05, 3.63) is 30.2 Å². The molecule has 6 nitrogen and oxygen atoms in total. The second-order valence-corrected chi connectivity index (χ2v) is 13.7. The molecule has 1 aliphatic heterocycles. The number of methoxy groups -OCH3 is 1. The third-order valence-corrected chi connectivity index (χ3v) is 9.56. The normalized spacial score (nSPS) is 14.0. The quantitative estimate of drug-likeness (QED) is 0.0359. The van der Waals surface area contributed by atoms with Crippen LogP contribution in [-0.2, 0) is 4.79 Å². The van der Waals surface area contributed by atoms with E-state index >= 15 is 0 Å². The van der Waals surface area contributed by atoms with Crippen LogP contribution in [-0.4, -0.2) is 38.1 Å². The monoisotopic (exact) mass is 731 g/mol. The van der Waals surface area contributed by atoms with Gasteiger partial charge in [-0.1, -0.05) is 155 Å². The second-order valence-electron chi connectivity index (χ2n) is 13.7. The number of carbonyl (C=O) groups excluding carboxylic acids is 1. The predicted molar refractivity (Wildman–Crippen MR) is 196 cm³/mol. The Hall–Kier alpha value is -1.07. The van der Waals surface area contributed by atoms with E-state index in [-0.39, 0.29) is 69.1 Å². The molecule has 0 bridgehead atoms. The first-order chi connectivity index (χ1) is 23.8. The molecule has 1 aliphatic rings. The number of nitrogens with zero attached hydrogens (tertiary/aromatic N) is 3. The molecule has 0 aromatic heterocycles. The van der Waals surface area contributed by atoms with Gasteiger partial charge in [0.25, 0.3) is 5.91 Å². The molecule has 0 unspecified atom stereocenters. The molecule has 1 amide bonds. The summed E-state index contributed by atoms with van der Waals surface area (Å²) in [5.74, 6) is -2.42. The minimum absolute atomic E-state index is 0. The van der Waals surface area contributed by atoms with E-state index in [1.165, 1.54) is 142 Å². The van der Waals surface area contributed by atoms with Crippen molar-refractivity contribution in [3.63, 3.8) is 0 Å². The number of amidine groups is 1. The number of alkyl halides is 3. The van der Waals surface area contributed by atoms with Crippen molar-refractivity contribution in [1.82, 2.24) is 0 Å². The Kier molecular flexibility index (Phi) is 26.7. The Morgan fingerprint density at radius 1 is 0.720 bits per heavy atom. The molecule has 0 saturated carbocycles. The van der Waals surface area contributed by atoms with Crippen LogP contribution in [0.1, 0.15) is 168 Å². The van der Waals surface area contributed by atoms with E-state index in [1.807, 2.05) is 0 Å². The Morgan fingerprint density at radius 3 is 1.48 bits per heavy atom. The van der Waals surface area contributed by atoms with Gasteiger partial charge in [0.1, 0.15) is 11.4 Å². The molecule has 0 saturated heterocycles. The van der Waals surface area contributed by atoms with Gasteiger partial charge in [0.05, 0.1) is 12.8 Å². The Balaban J connectivity index is 0.0000125. The Labute approximate surface area is 344 Å². The van der Waals surface area contributed by atoms with Gasteiger partial charge in [0, 0.05) is 24.8 Å². The zero-order valence-electron chi connectivity index (χ0n) is 31.9. The zero-order valence-corrected chi connectivity index (χ0v) is 35.0. The number of unbranched alkanes of at least 4 members (excludes halogenated alkanes) is 22. The van der Waals surface area contributed by atoms with Crippen LogP contribution in [0.4, 0.5) is 24.5 Å². The van der Waals surface area contributed by atoms with Crippen molar-refractivity contribution in [2.75, 3.05) is 30.0 Å². The van der Waals surface area contributed by atoms with Gasteiger partial charge >= 0.3 is 57.6 Å². The number of rotatable bonds is 29. The minimum Gasteiger partial charge on any atom is -0.876 e. The summed E-state index contributed by atoms with van der Waals surface area (Å²) in [6, 6.07) is 4.92. The first-order valence-corrected chi connectivity index (χ1v) is 19.5. The molecule has 50 heavy (non-hydrogen) atoms. The van der Waals surface area contributed by atoms with Gasteiger partial charge < -0.3 is 14.7 Å². The molecule has 1 heterocycles. The van der Waals surface area contributed by atoms with Crippen LogP contribution in [0.3, 0.4) is 0 Å². The van der Waals surface area contributed by atoms with Gasteiger partial charge in [-0.2, -0.15) is 13.2 Å². The van der Waals surface area contributed by atoms with Gasteiger partial charge in [0.2, 0.25) is 5.84 Å². The van der Waals surface area contributed by atoms with E-state index in [4.69, 9.17) is 4.74 Å². The number of anilines is 2. The Morgan fingerprint density at radius 2 is 1.12 bits per heavy atom. The van der Waals surface area contributed by atoms with Gasteiger partial charge in [-0.25, -0.2) is 4.99 Å². The maximum Gasteiger partial charge on any atom is 1.00 e. The summed E-state index contributed by atoms with van der Waals surface area (Å²) >= 11 is 0. The molecule has 0 fully saturated rings. The summed E-state index contributed by atoms with van der Waals surface area (Å²) < 4.78 is 47.0. The fraction of sp³-hybridized carbons (Fsp3) is 0.750. The second kappa shape index (κ2) is 28.4. The predicted octanol–water partition coefficient (Wildman–Crippen LogP) is 8.42. The van der Waals surface area contributed by atoms with Crippen molar-refractivity contribution < 1.29 is 79.2 Å². The van der Waals surface area contributed by atoms with Crippen LogP contribution >= 0.6 is 0 Å². The summed E-state index contributed by atoms with van der Waals surface area (Å²) in [6.45, 7) is 6.19. The van der Waals surface area contributed by atoms with Crippen molar-refractivity contribution >= 4 is 23.1 Å². The molecule has 10 heteroatoms. The number of amides is 1. The molecule has 2 rings (SSSR count). The average Bonchev–Trinajstić information content (AvgIpc) is 3.44. The SMILES string of the molecule is CCCCCCCCCCCCCCN(CCCCCCCCCCCCCC)c1ccc(N2C(=O)/C(=C\[O-])N=C2C(F)(F)F)c(OC)c1.[K+]. The van der Waals surface area contributed by atoms with Crippen LogP contribution in [0.25, 0.3) is 0 Å².